The Morgan fingerprint density at radius 2 is 1.93 bits per heavy atom. The first-order valence-electron chi connectivity index (χ1n) is 14.8. The first kappa shape index (κ1) is 27.0. The van der Waals surface area contributed by atoms with Crippen LogP contribution >= 0.6 is 0 Å². The molecule has 1 N–H and O–H groups in total. The minimum absolute atomic E-state index is 0.0733. The highest BCUT2D eigenvalue weighted by molar-refractivity contribution is 5.70. The van der Waals surface area contributed by atoms with Crippen molar-refractivity contribution in [3.05, 3.63) is 70.7 Å². The van der Waals surface area contributed by atoms with E-state index >= 15 is 0 Å². The molecule has 0 bridgehead atoms. The lowest BCUT2D eigenvalue weighted by atomic mass is 9.86. The lowest BCUT2D eigenvalue weighted by Gasteiger charge is -2.27. The molecule has 2 saturated heterocycles. The fourth-order valence-electron chi connectivity index (χ4n) is 7.05. The van der Waals surface area contributed by atoms with Crippen molar-refractivity contribution in [2.75, 3.05) is 51.7 Å². The van der Waals surface area contributed by atoms with Gasteiger partial charge in [-0.15, -0.1) is 0 Å². The van der Waals surface area contributed by atoms with Gasteiger partial charge in [0.1, 0.15) is 5.82 Å². The molecule has 212 valence electrons. The largest absolute Gasteiger partial charge is 0.469 e. The number of rotatable bonds is 8. The van der Waals surface area contributed by atoms with E-state index in [1.165, 1.54) is 37.6 Å². The highest BCUT2D eigenvalue weighted by Crippen LogP contribution is 2.41. The zero-order valence-electron chi connectivity index (χ0n) is 24.2. The highest BCUT2D eigenvalue weighted by Gasteiger charge is 2.43. The number of esters is 1. The van der Waals surface area contributed by atoms with Crippen molar-refractivity contribution in [3.8, 4) is 5.69 Å². The van der Waals surface area contributed by atoms with Gasteiger partial charge in [0, 0.05) is 44.3 Å². The zero-order chi connectivity index (χ0) is 27.7. The third kappa shape index (κ3) is 5.79. The van der Waals surface area contributed by atoms with Crippen LogP contribution in [0.15, 0.2) is 42.5 Å². The van der Waals surface area contributed by atoms with E-state index in [-0.39, 0.29) is 11.9 Å². The number of likely N-dealkylation sites (tertiary alicyclic amines) is 2. The molecular weight excluding hydrogens is 500 g/mol. The Morgan fingerprint density at radius 1 is 1.10 bits per heavy atom. The summed E-state index contributed by atoms with van der Waals surface area (Å²) in [6, 6.07) is 15.1. The van der Waals surface area contributed by atoms with Gasteiger partial charge in [-0.25, -0.2) is 9.67 Å². The molecule has 5 heterocycles. The lowest BCUT2D eigenvalue weighted by Crippen LogP contribution is -2.33. The topological polar surface area (TPSA) is 75.5 Å². The molecule has 0 saturated carbocycles. The third-order valence-corrected chi connectivity index (χ3v) is 9.09. The number of pyridine rings is 1. The van der Waals surface area contributed by atoms with Gasteiger partial charge in [0.2, 0.25) is 0 Å². The fourth-order valence-corrected chi connectivity index (χ4v) is 7.05. The zero-order valence-corrected chi connectivity index (χ0v) is 24.2. The number of nitrogens with zero attached hydrogens (tertiary/aromatic N) is 5. The smallest absolute Gasteiger partial charge is 0.306 e. The number of methoxy groups -OCH3 is 1. The second-order valence-electron chi connectivity index (χ2n) is 12.2. The monoisotopic (exact) mass is 542 g/mol. The molecule has 0 amide bonds. The van der Waals surface area contributed by atoms with Crippen LogP contribution in [0.3, 0.4) is 0 Å². The Kier molecular flexibility index (Phi) is 7.64. The summed E-state index contributed by atoms with van der Waals surface area (Å²) in [5.74, 6) is 1.00. The molecule has 40 heavy (non-hydrogen) atoms. The van der Waals surface area contributed by atoms with Gasteiger partial charge in [-0.05, 0) is 93.4 Å². The first-order valence-corrected chi connectivity index (χ1v) is 14.8. The summed E-state index contributed by atoms with van der Waals surface area (Å²) >= 11 is 0. The van der Waals surface area contributed by atoms with Crippen molar-refractivity contribution >= 4 is 11.8 Å². The Bertz CT molecular complexity index is 1370. The van der Waals surface area contributed by atoms with Gasteiger partial charge in [-0.3, -0.25) is 9.69 Å². The number of fused-ring (bicyclic) bond motifs is 1. The average molecular weight is 543 g/mol. The van der Waals surface area contributed by atoms with Gasteiger partial charge in [-0.1, -0.05) is 18.2 Å². The van der Waals surface area contributed by atoms with Crippen molar-refractivity contribution in [2.45, 2.75) is 58.4 Å². The SMILES string of the molecule is COC(=O)C[C@H](CN1CCC2(CCN(Cc3ccc4c(n3)NCCC4)C2)C1)c1cccc(-n2nc(C)cc2C)c1. The normalized spacial score (nSPS) is 21.9. The molecule has 1 aromatic carbocycles. The maximum atomic E-state index is 12.5. The van der Waals surface area contributed by atoms with E-state index in [0.717, 1.165) is 80.7 Å². The molecule has 1 spiro atoms. The van der Waals surface area contributed by atoms with Gasteiger partial charge in [0.25, 0.3) is 0 Å². The predicted octanol–water partition coefficient (Wildman–Crippen LogP) is 4.49. The molecular formula is C32H42N6O2. The number of aromatic nitrogens is 3. The second kappa shape index (κ2) is 11.3. The summed E-state index contributed by atoms with van der Waals surface area (Å²) in [7, 11) is 1.48. The van der Waals surface area contributed by atoms with Gasteiger partial charge >= 0.3 is 5.97 Å². The van der Waals surface area contributed by atoms with Crippen molar-refractivity contribution in [1.82, 2.24) is 24.6 Å². The van der Waals surface area contributed by atoms with Gasteiger partial charge < -0.3 is 15.0 Å². The third-order valence-electron chi connectivity index (χ3n) is 9.09. The number of aryl methyl sites for hydroxylation is 3. The summed E-state index contributed by atoms with van der Waals surface area (Å²) in [5.41, 5.74) is 7.15. The van der Waals surface area contributed by atoms with Crippen LogP contribution in [0.25, 0.3) is 5.69 Å². The minimum atomic E-state index is -0.158. The van der Waals surface area contributed by atoms with Crippen LogP contribution in [-0.4, -0.2) is 76.9 Å². The van der Waals surface area contributed by atoms with E-state index in [9.17, 15) is 4.79 Å². The summed E-state index contributed by atoms with van der Waals surface area (Å²) in [6.07, 6.45) is 5.13. The Hall–Kier alpha value is -3.23. The number of ether oxygens (including phenoxy) is 1. The maximum absolute atomic E-state index is 12.5. The number of nitrogens with one attached hydrogen (secondary N) is 1. The standard InChI is InChI=1S/C32H42N6O2/c1-23-16-24(2)38(35-23)29-8-4-6-26(17-29)27(18-30(39)40-3)19-36-14-11-32(21-36)12-15-37(22-32)20-28-10-9-25-7-5-13-33-31(25)34-28/h4,6,8-10,16-17,27H,5,7,11-15,18-22H2,1-3H3,(H,33,34)/t27-,32?/m1/s1. The number of carbonyl (C=O) groups excluding carboxylic acids is 1. The van der Waals surface area contributed by atoms with E-state index in [4.69, 9.17) is 9.72 Å². The van der Waals surface area contributed by atoms with Crippen LogP contribution in [0.5, 0.6) is 0 Å². The van der Waals surface area contributed by atoms with Crippen molar-refractivity contribution in [2.24, 2.45) is 5.41 Å². The van der Waals surface area contributed by atoms with Crippen molar-refractivity contribution < 1.29 is 9.53 Å². The van der Waals surface area contributed by atoms with E-state index in [1.54, 1.807) is 0 Å². The van der Waals surface area contributed by atoms with E-state index in [1.807, 2.05) is 11.6 Å². The number of anilines is 1. The summed E-state index contributed by atoms with van der Waals surface area (Å²) in [4.78, 5) is 22.6. The molecule has 8 heteroatoms. The second-order valence-corrected chi connectivity index (χ2v) is 12.2. The Labute approximate surface area is 237 Å². The highest BCUT2D eigenvalue weighted by atomic mass is 16.5. The van der Waals surface area contributed by atoms with E-state index in [2.05, 4.69) is 69.6 Å². The van der Waals surface area contributed by atoms with Gasteiger partial charge in [-0.2, -0.15) is 5.10 Å². The summed E-state index contributed by atoms with van der Waals surface area (Å²) in [6.45, 7) is 11.3. The van der Waals surface area contributed by atoms with Crippen LogP contribution in [0.2, 0.25) is 0 Å². The molecule has 8 nitrogen and oxygen atoms in total. The van der Waals surface area contributed by atoms with Crippen molar-refractivity contribution in [3.63, 3.8) is 0 Å². The first-order chi connectivity index (χ1) is 19.4. The van der Waals surface area contributed by atoms with Crippen LogP contribution < -0.4 is 5.32 Å². The van der Waals surface area contributed by atoms with Gasteiger partial charge in [0.15, 0.2) is 0 Å². The summed E-state index contributed by atoms with van der Waals surface area (Å²) in [5, 5.41) is 8.14. The molecule has 1 unspecified atom stereocenters. The molecule has 6 rings (SSSR count). The predicted molar refractivity (Wildman–Crippen MR) is 157 cm³/mol. The van der Waals surface area contributed by atoms with Crippen molar-refractivity contribution in [1.29, 1.82) is 0 Å². The molecule has 3 aliphatic rings. The van der Waals surface area contributed by atoms with E-state index in [0.29, 0.717) is 11.8 Å². The summed E-state index contributed by atoms with van der Waals surface area (Å²) < 4.78 is 7.10. The molecule has 2 aromatic heterocycles. The van der Waals surface area contributed by atoms with Crippen LogP contribution in [0.4, 0.5) is 5.82 Å². The molecule has 2 fully saturated rings. The van der Waals surface area contributed by atoms with Gasteiger partial charge in [0.05, 0.1) is 30.6 Å². The number of benzene rings is 1. The maximum Gasteiger partial charge on any atom is 0.306 e. The molecule has 3 aliphatic heterocycles. The fraction of sp³-hybridized carbons (Fsp3) is 0.531. The quantitative estimate of drug-likeness (QED) is 0.421. The molecule has 0 aliphatic carbocycles. The van der Waals surface area contributed by atoms with Crippen LogP contribution in [0, 0.1) is 19.3 Å². The van der Waals surface area contributed by atoms with E-state index < -0.39 is 0 Å². The molecule has 3 aromatic rings. The number of hydrogen-bond acceptors (Lipinski definition) is 7. The number of carbonyl (C=O) groups is 1. The lowest BCUT2D eigenvalue weighted by molar-refractivity contribution is -0.141. The molecule has 0 radical (unpaired) electrons. The Morgan fingerprint density at radius 3 is 2.73 bits per heavy atom. The minimum Gasteiger partial charge on any atom is -0.469 e. The Balaban J connectivity index is 1.12. The molecule has 2 atom stereocenters. The van der Waals surface area contributed by atoms with Crippen LogP contribution in [-0.2, 0) is 22.5 Å². The average Bonchev–Trinajstić information content (AvgIpc) is 3.65. The van der Waals surface area contributed by atoms with Crippen LogP contribution in [0.1, 0.15) is 59.8 Å². The number of hydrogen-bond donors (Lipinski definition) is 1.